The molecular formula is C14H15N3S. The Hall–Kier alpha value is -1.60. The SMILES string of the molecule is CC1CCCC1n1c(=S)[nH]c2ccc(C#N)cc21. The molecule has 2 aromatic rings. The number of benzene rings is 1. The van der Waals surface area contributed by atoms with E-state index in [4.69, 9.17) is 17.5 Å². The smallest absolute Gasteiger partial charge is 0.178 e. The number of nitrogens with one attached hydrogen (secondary N) is 1. The summed E-state index contributed by atoms with van der Waals surface area (Å²) in [5.41, 5.74) is 2.78. The highest BCUT2D eigenvalue weighted by Crippen LogP contribution is 2.37. The number of nitriles is 1. The van der Waals surface area contributed by atoms with Gasteiger partial charge in [0.15, 0.2) is 4.77 Å². The molecule has 0 radical (unpaired) electrons. The normalized spacial score (nSPS) is 23.3. The molecule has 2 atom stereocenters. The van der Waals surface area contributed by atoms with Crippen molar-refractivity contribution < 1.29 is 0 Å². The molecule has 1 N–H and O–H groups in total. The summed E-state index contributed by atoms with van der Waals surface area (Å²) >= 11 is 5.45. The fourth-order valence-electron chi connectivity index (χ4n) is 3.03. The zero-order valence-corrected chi connectivity index (χ0v) is 11.1. The molecule has 3 nitrogen and oxygen atoms in total. The summed E-state index contributed by atoms with van der Waals surface area (Å²) < 4.78 is 2.99. The molecule has 4 heteroatoms. The minimum Gasteiger partial charge on any atom is -0.331 e. The summed E-state index contributed by atoms with van der Waals surface area (Å²) in [4.78, 5) is 3.24. The molecule has 92 valence electrons. The van der Waals surface area contributed by atoms with E-state index in [9.17, 15) is 0 Å². The predicted molar refractivity (Wildman–Crippen MR) is 73.9 cm³/mol. The molecule has 1 aliphatic carbocycles. The Morgan fingerprint density at radius 2 is 2.28 bits per heavy atom. The Kier molecular flexibility index (Phi) is 2.71. The van der Waals surface area contributed by atoms with Crippen molar-refractivity contribution in [3.8, 4) is 6.07 Å². The standard InChI is InChI=1S/C14H15N3S/c1-9-3-2-4-12(9)17-13-7-10(8-15)5-6-11(13)16-14(17)18/h5-7,9,12H,2-4H2,1H3,(H,16,18). The number of H-pyrrole nitrogens is 1. The van der Waals surface area contributed by atoms with Crippen molar-refractivity contribution >= 4 is 23.3 Å². The number of rotatable bonds is 1. The molecule has 0 aliphatic heterocycles. The van der Waals surface area contributed by atoms with Gasteiger partial charge in [-0.1, -0.05) is 13.3 Å². The fraction of sp³-hybridized carbons (Fsp3) is 0.429. The second kappa shape index (κ2) is 4.25. The van der Waals surface area contributed by atoms with E-state index >= 15 is 0 Å². The molecule has 0 amide bonds. The van der Waals surface area contributed by atoms with Gasteiger partial charge in [0, 0.05) is 6.04 Å². The molecule has 3 rings (SSSR count). The van der Waals surface area contributed by atoms with Gasteiger partial charge in [-0.2, -0.15) is 5.26 Å². The van der Waals surface area contributed by atoms with Crippen LogP contribution in [0.25, 0.3) is 11.0 Å². The molecule has 1 fully saturated rings. The number of hydrogen-bond donors (Lipinski definition) is 1. The lowest BCUT2D eigenvalue weighted by Gasteiger charge is -2.18. The van der Waals surface area contributed by atoms with Crippen LogP contribution in [0.1, 0.15) is 37.8 Å². The van der Waals surface area contributed by atoms with Crippen LogP contribution in [0.15, 0.2) is 18.2 Å². The minimum absolute atomic E-state index is 0.472. The highest BCUT2D eigenvalue weighted by Gasteiger charge is 2.26. The zero-order chi connectivity index (χ0) is 12.7. The molecule has 1 aromatic heterocycles. The van der Waals surface area contributed by atoms with E-state index in [1.165, 1.54) is 19.3 Å². The third-order valence-electron chi connectivity index (χ3n) is 3.99. The lowest BCUT2D eigenvalue weighted by Crippen LogP contribution is -2.11. The van der Waals surface area contributed by atoms with Crippen LogP contribution in [0.5, 0.6) is 0 Å². The van der Waals surface area contributed by atoms with Crippen molar-refractivity contribution in [1.82, 2.24) is 9.55 Å². The Morgan fingerprint density at radius 3 is 2.94 bits per heavy atom. The third kappa shape index (κ3) is 1.67. The monoisotopic (exact) mass is 257 g/mol. The molecule has 0 spiro atoms. The van der Waals surface area contributed by atoms with Crippen LogP contribution >= 0.6 is 12.2 Å². The van der Waals surface area contributed by atoms with Crippen molar-refractivity contribution in [2.45, 2.75) is 32.2 Å². The number of aromatic nitrogens is 2. The van der Waals surface area contributed by atoms with Crippen LogP contribution in [0.4, 0.5) is 0 Å². The van der Waals surface area contributed by atoms with E-state index < -0.39 is 0 Å². The minimum atomic E-state index is 0.472. The first-order valence-corrected chi connectivity index (χ1v) is 6.76. The number of aromatic amines is 1. The summed E-state index contributed by atoms with van der Waals surface area (Å²) in [5.74, 6) is 0.654. The number of fused-ring (bicyclic) bond motifs is 1. The van der Waals surface area contributed by atoms with E-state index in [0.717, 1.165) is 15.8 Å². The number of nitrogens with zero attached hydrogens (tertiary/aromatic N) is 2. The van der Waals surface area contributed by atoms with Gasteiger partial charge in [0.2, 0.25) is 0 Å². The van der Waals surface area contributed by atoms with Crippen molar-refractivity contribution in [3.05, 3.63) is 28.5 Å². The highest BCUT2D eigenvalue weighted by molar-refractivity contribution is 7.71. The zero-order valence-electron chi connectivity index (χ0n) is 10.3. The molecule has 18 heavy (non-hydrogen) atoms. The van der Waals surface area contributed by atoms with E-state index in [0.29, 0.717) is 17.5 Å². The quantitative estimate of drug-likeness (QED) is 0.787. The van der Waals surface area contributed by atoms with Crippen LogP contribution in [-0.4, -0.2) is 9.55 Å². The Labute approximate surface area is 111 Å². The third-order valence-corrected chi connectivity index (χ3v) is 4.29. The van der Waals surface area contributed by atoms with Crippen LogP contribution in [0, 0.1) is 22.0 Å². The van der Waals surface area contributed by atoms with Gasteiger partial charge in [0.1, 0.15) is 0 Å². The van der Waals surface area contributed by atoms with Crippen molar-refractivity contribution in [3.63, 3.8) is 0 Å². The maximum atomic E-state index is 9.02. The molecule has 0 saturated heterocycles. The first-order valence-electron chi connectivity index (χ1n) is 6.35. The summed E-state index contributed by atoms with van der Waals surface area (Å²) in [5, 5.41) is 9.02. The summed E-state index contributed by atoms with van der Waals surface area (Å²) in [6.07, 6.45) is 3.70. The van der Waals surface area contributed by atoms with Gasteiger partial charge in [-0.05, 0) is 49.2 Å². The second-order valence-electron chi connectivity index (χ2n) is 5.12. The first kappa shape index (κ1) is 11.5. The molecule has 1 heterocycles. The van der Waals surface area contributed by atoms with Crippen molar-refractivity contribution in [2.75, 3.05) is 0 Å². The topological polar surface area (TPSA) is 44.5 Å². The Morgan fingerprint density at radius 1 is 1.44 bits per heavy atom. The number of hydrogen-bond acceptors (Lipinski definition) is 2. The van der Waals surface area contributed by atoms with Crippen LogP contribution in [-0.2, 0) is 0 Å². The predicted octanol–water partition coefficient (Wildman–Crippen LogP) is 3.93. The average molecular weight is 257 g/mol. The molecule has 2 unspecified atom stereocenters. The van der Waals surface area contributed by atoms with E-state index in [-0.39, 0.29) is 0 Å². The van der Waals surface area contributed by atoms with Gasteiger partial charge in [-0.3, -0.25) is 0 Å². The fourth-order valence-corrected chi connectivity index (χ4v) is 3.37. The second-order valence-corrected chi connectivity index (χ2v) is 5.51. The van der Waals surface area contributed by atoms with Gasteiger partial charge in [-0.15, -0.1) is 0 Å². The first-order chi connectivity index (χ1) is 8.70. The summed E-state index contributed by atoms with van der Waals surface area (Å²) in [6.45, 7) is 2.28. The van der Waals surface area contributed by atoms with Crippen molar-refractivity contribution in [2.24, 2.45) is 5.92 Å². The molecule has 0 bridgehead atoms. The summed E-state index contributed by atoms with van der Waals surface area (Å²) in [6, 6.07) is 8.38. The molecule has 1 saturated carbocycles. The largest absolute Gasteiger partial charge is 0.331 e. The molecule has 1 aromatic carbocycles. The van der Waals surface area contributed by atoms with Gasteiger partial charge >= 0.3 is 0 Å². The van der Waals surface area contributed by atoms with E-state index in [1.54, 1.807) is 0 Å². The average Bonchev–Trinajstić information content (AvgIpc) is 2.90. The van der Waals surface area contributed by atoms with Gasteiger partial charge in [-0.25, -0.2) is 0 Å². The Bertz CT molecular complexity index is 689. The van der Waals surface area contributed by atoms with Crippen LogP contribution in [0.2, 0.25) is 0 Å². The van der Waals surface area contributed by atoms with Crippen LogP contribution in [0.3, 0.4) is 0 Å². The molecular weight excluding hydrogens is 242 g/mol. The number of imidazole rings is 1. The van der Waals surface area contributed by atoms with Gasteiger partial charge in [0.25, 0.3) is 0 Å². The molecule has 1 aliphatic rings. The maximum absolute atomic E-state index is 9.02. The highest BCUT2D eigenvalue weighted by atomic mass is 32.1. The van der Waals surface area contributed by atoms with Gasteiger partial charge in [0.05, 0.1) is 22.7 Å². The van der Waals surface area contributed by atoms with E-state index in [1.807, 2.05) is 18.2 Å². The van der Waals surface area contributed by atoms with Crippen LogP contribution < -0.4 is 0 Å². The van der Waals surface area contributed by atoms with Crippen molar-refractivity contribution in [1.29, 1.82) is 5.26 Å². The Balaban J connectivity index is 2.24. The summed E-state index contributed by atoms with van der Waals surface area (Å²) in [7, 11) is 0. The lowest BCUT2D eigenvalue weighted by molar-refractivity contribution is 0.413. The lowest BCUT2D eigenvalue weighted by atomic mass is 10.1. The van der Waals surface area contributed by atoms with E-state index in [2.05, 4.69) is 22.5 Å². The maximum Gasteiger partial charge on any atom is 0.178 e. The van der Waals surface area contributed by atoms with Gasteiger partial charge < -0.3 is 9.55 Å².